The number of likely N-dealkylation sites (N-methyl/N-ethyl adjacent to an activating group) is 1. The number of aromatic amines is 1. The van der Waals surface area contributed by atoms with Crippen molar-refractivity contribution in [3.8, 4) is 5.75 Å². The van der Waals surface area contributed by atoms with Crippen LogP contribution in [0.15, 0.2) is 78.0 Å². The number of imidazole rings is 1. The Kier molecular flexibility index (Phi) is 7.32. The van der Waals surface area contributed by atoms with E-state index in [1.165, 1.54) is 0 Å². The Balaban J connectivity index is 1.43. The van der Waals surface area contributed by atoms with Crippen molar-refractivity contribution < 1.29 is 9.53 Å². The first-order valence-corrected chi connectivity index (χ1v) is 11.8. The van der Waals surface area contributed by atoms with Gasteiger partial charge >= 0.3 is 0 Å². The molecule has 0 aliphatic carbocycles. The molecular formula is C26H28N4O2S. The first-order chi connectivity index (χ1) is 16.0. The summed E-state index contributed by atoms with van der Waals surface area (Å²) in [7, 11) is 5.68. The maximum atomic E-state index is 13.1. The molecule has 1 amide bonds. The average molecular weight is 461 g/mol. The highest BCUT2D eigenvalue weighted by atomic mass is 32.2. The van der Waals surface area contributed by atoms with Crippen molar-refractivity contribution in [3.63, 3.8) is 0 Å². The fraction of sp³-hybridized carbons (Fsp3) is 0.231. The quantitative estimate of drug-likeness (QED) is 0.348. The molecule has 0 bridgehead atoms. The van der Waals surface area contributed by atoms with Gasteiger partial charge in [-0.25, -0.2) is 4.98 Å². The van der Waals surface area contributed by atoms with Gasteiger partial charge < -0.3 is 19.9 Å². The largest absolute Gasteiger partial charge is 0.497 e. The third kappa shape index (κ3) is 5.56. The molecule has 0 fully saturated rings. The SMILES string of the molecule is COc1ccc(C(CNC(=O)c2ccccc2CSc2nc3ccccc3[nH]2)N(C)C)cc1. The number of aromatic nitrogens is 2. The molecule has 6 nitrogen and oxygen atoms in total. The zero-order valence-electron chi connectivity index (χ0n) is 19.0. The number of fused-ring (bicyclic) bond motifs is 1. The van der Waals surface area contributed by atoms with Gasteiger partial charge in [0.15, 0.2) is 5.16 Å². The van der Waals surface area contributed by atoms with E-state index in [4.69, 9.17) is 4.74 Å². The molecule has 3 aromatic carbocycles. The second-order valence-electron chi connectivity index (χ2n) is 7.97. The molecule has 0 radical (unpaired) electrons. The Morgan fingerprint density at radius 3 is 2.52 bits per heavy atom. The number of methoxy groups -OCH3 is 1. The molecule has 2 N–H and O–H groups in total. The fourth-order valence-corrected chi connectivity index (χ4v) is 4.61. The van der Waals surface area contributed by atoms with Gasteiger partial charge in [0.25, 0.3) is 5.91 Å². The van der Waals surface area contributed by atoms with Crippen molar-refractivity contribution in [1.29, 1.82) is 0 Å². The molecular weight excluding hydrogens is 432 g/mol. The van der Waals surface area contributed by atoms with Gasteiger partial charge in [0.05, 0.1) is 24.2 Å². The lowest BCUT2D eigenvalue weighted by Crippen LogP contribution is -2.34. The van der Waals surface area contributed by atoms with Crippen molar-refractivity contribution in [2.45, 2.75) is 17.0 Å². The Morgan fingerprint density at radius 1 is 1.06 bits per heavy atom. The summed E-state index contributed by atoms with van der Waals surface area (Å²) < 4.78 is 5.26. The summed E-state index contributed by atoms with van der Waals surface area (Å²) in [6.45, 7) is 0.503. The van der Waals surface area contributed by atoms with Crippen LogP contribution in [0.4, 0.5) is 0 Å². The third-order valence-corrected chi connectivity index (χ3v) is 6.50. The van der Waals surface area contributed by atoms with E-state index in [0.29, 0.717) is 17.9 Å². The van der Waals surface area contributed by atoms with E-state index in [-0.39, 0.29) is 11.9 Å². The molecule has 4 rings (SSSR count). The monoisotopic (exact) mass is 460 g/mol. The van der Waals surface area contributed by atoms with Crippen LogP contribution in [-0.2, 0) is 5.75 Å². The molecule has 1 atom stereocenters. The molecule has 33 heavy (non-hydrogen) atoms. The number of nitrogens with zero attached hydrogens (tertiary/aromatic N) is 2. The van der Waals surface area contributed by atoms with Crippen LogP contribution >= 0.6 is 11.8 Å². The number of carbonyl (C=O) groups is 1. The van der Waals surface area contributed by atoms with Gasteiger partial charge in [-0.2, -0.15) is 0 Å². The van der Waals surface area contributed by atoms with E-state index in [9.17, 15) is 4.79 Å². The van der Waals surface area contributed by atoms with E-state index >= 15 is 0 Å². The lowest BCUT2D eigenvalue weighted by molar-refractivity contribution is 0.0941. The zero-order chi connectivity index (χ0) is 23.2. The Morgan fingerprint density at radius 2 is 1.79 bits per heavy atom. The number of para-hydroxylation sites is 2. The maximum absolute atomic E-state index is 13.1. The Bertz CT molecular complexity index is 1190. The van der Waals surface area contributed by atoms with Gasteiger partial charge in [0, 0.05) is 17.9 Å². The number of thioether (sulfide) groups is 1. The average Bonchev–Trinajstić information content (AvgIpc) is 3.26. The molecule has 0 aliphatic rings. The molecule has 0 saturated carbocycles. The van der Waals surface area contributed by atoms with Crippen molar-refractivity contribution in [2.24, 2.45) is 0 Å². The van der Waals surface area contributed by atoms with Gasteiger partial charge in [0.1, 0.15) is 5.75 Å². The first kappa shape index (κ1) is 22.9. The van der Waals surface area contributed by atoms with Crippen molar-refractivity contribution >= 4 is 28.7 Å². The van der Waals surface area contributed by atoms with Crippen LogP contribution in [0.3, 0.4) is 0 Å². The minimum Gasteiger partial charge on any atom is -0.497 e. The molecule has 170 valence electrons. The summed E-state index contributed by atoms with van der Waals surface area (Å²) in [6.07, 6.45) is 0. The Hall–Kier alpha value is -3.29. The number of carbonyl (C=O) groups excluding carboxylic acids is 1. The van der Waals surface area contributed by atoms with Crippen LogP contribution < -0.4 is 10.1 Å². The highest BCUT2D eigenvalue weighted by Gasteiger charge is 2.18. The predicted molar refractivity (Wildman–Crippen MR) is 134 cm³/mol. The van der Waals surface area contributed by atoms with Crippen molar-refractivity contribution in [2.75, 3.05) is 27.7 Å². The highest BCUT2D eigenvalue weighted by molar-refractivity contribution is 7.98. The van der Waals surface area contributed by atoms with E-state index in [2.05, 4.69) is 20.2 Å². The van der Waals surface area contributed by atoms with Gasteiger partial charge in [-0.1, -0.05) is 54.2 Å². The van der Waals surface area contributed by atoms with Crippen LogP contribution in [0.5, 0.6) is 5.75 Å². The molecule has 1 unspecified atom stereocenters. The summed E-state index contributed by atoms with van der Waals surface area (Å²) in [5, 5.41) is 3.97. The molecule has 0 saturated heterocycles. The molecule has 7 heteroatoms. The fourth-order valence-electron chi connectivity index (χ4n) is 3.72. The minimum absolute atomic E-state index is 0.0527. The summed E-state index contributed by atoms with van der Waals surface area (Å²) in [5.74, 6) is 1.39. The zero-order valence-corrected chi connectivity index (χ0v) is 19.9. The number of ether oxygens (including phenoxy) is 1. The number of amides is 1. The van der Waals surface area contributed by atoms with E-state index in [1.807, 2.05) is 86.9 Å². The topological polar surface area (TPSA) is 70.2 Å². The maximum Gasteiger partial charge on any atom is 0.251 e. The number of hydrogen-bond acceptors (Lipinski definition) is 5. The van der Waals surface area contributed by atoms with Crippen LogP contribution in [0.1, 0.15) is 27.5 Å². The van der Waals surface area contributed by atoms with Gasteiger partial charge in [-0.15, -0.1) is 0 Å². The van der Waals surface area contributed by atoms with E-state index in [1.54, 1.807) is 18.9 Å². The summed E-state index contributed by atoms with van der Waals surface area (Å²) in [4.78, 5) is 23.1. The first-order valence-electron chi connectivity index (χ1n) is 10.8. The summed E-state index contributed by atoms with van der Waals surface area (Å²) in [5.41, 5.74) is 4.74. The van der Waals surface area contributed by atoms with Crippen LogP contribution in [0.2, 0.25) is 0 Å². The normalized spacial score (nSPS) is 12.1. The van der Waals surface area contributed by atoms with Crippen molar-refractivity contribution in [3.05, 3.63) is 89.5 Å². The van der Waals surface area contributed by atoms with Crippen LogP contribution in [-0.4, -0.2) is 48.5 Å². The highest BCUT2D eigenvalue weighted by Crippen LogP contribution is 2.25. The molecule has 0 spiro atoms. The van der Waals surface area contributed by atoms with Crippen LogP contribution in [0, 0.1) is 0 Å². The summed E-state index contributed by atoms with van der Waals surface area (Å²) >= 11 is 1.59. The van der Waals surface area contributed by atoms with Gasteiger partial charge in [-0.3, -0.25) is 4.79 Å². The Labute approximate surface area is 198 Å². The van der Waals surface area contributed by atoms with Crippen molar-refractivity contribution in [1.82, 2.24) is 20.2 Å². The third-order valence-electron chi connectivity index (χ3n) is 5.57. The molecule has 1 aromatic heterocycles. The molecule has 1 heterocycles. The number of hydrogen-bond donors (Lipinski definition) is 2. The second kappa shape index (κ2) is 10.6. The molecule has 4 aromatic rings. The number of rotatable bonds is 9. The molecule has 0 aliphatic heterocycles. The van der Waals surface area contributed by atoms with Gasteiger partial charge in [0.2, 0.25) is 0 Å². The number of H-pyrrole nitrogens is 1. The standard InChI is InChI=1S/C26H28N4O2S/c1-30(2)24(18-12-14-20(32-3)15-13-18)16-27-25(31)21-9-5-4-8-19(21)17-33-26-28-22-10-6-7-11-23(22)29-26/h4-15,24H,16-17H2,1-3H3,(H,27,31)(H,28,29). The number of nitrogens with one attached hydrogen (secondary N) is 2. The summed E-state index contributed by atoms with van der Waals surface area (Å²) in [6, 6.07) is 23.7. The smallest absolute Gasteiger partial charge is 0.251 e. The van der Waals surface area contributed by atoms with Crippen LogP contribution in [0.25, 0.3) is 11.0 Å². The minimum atomic E-state index is -0.0730. The van der Waals surface area contributed by atoms with E-state index < -0.39 is 0 Å². The lowest BCUT2D eigenvalue weighted by Gasteiger charge is -2.25. The second-order valence-corrected chi connectivity index (χ2v) is 8.93. The lowest BCUT2D eigenvalue weighted by atomic mass is 10.0. The van der Waals surface area contributed by atoms with Gasteiger partial charge in [-0.05, 0) is 55.6 Å². The number of benzene rings is 3. The van der Waals surface area contributed by atoms with E-state index in [0.717, 1.165) is 33.1 Å². The predicted octanol–water partition coefficient (Wildman–Crippen LogP) is 4.90.